The number of benzene rings is 3. The molecular formula is C35H49NO4. The maximum Gasteiger partial charge on any atom is 0.188 e. The minimum Gasteiger partial charge on any atom is -0.465 e. The topological polar surface area (TPSA) is 40.2 Å². The smallest absolute Gasteiger partial charge is 0.188 e. The third kappa shape index (κ3) is 6.82. The molecule has 0 atom stereocenters. The highest BCUT2D eigenvalue weighted by Crippen LogP contribution is 2.52. The van der Waals surface area contributed by atoms with Crippen LogP contribution < -0.4 is 14.4 Å². The monoisotopic (exact) mass is 547 g/mol. The van der Waals surface area contributed by atoms with Gasteiger partial charge in [-0.25, -0.2) is 0 Å². The van der Waals surface area contributed by atoms with E-state index in [9.17, 15) is 0 Å². The third-order valence-corrected chi connectivity index (χ3v) is 7.03. The molecule has 0 heterocycles. The van der Waals surface area contributed by atoms with E-state index in [0.717, 1.165) is 50.8 Å². The van der Waals surface area contributed by atoms with Crippen LogP contribution in [0.3, 0.4) is 0 Å². The maximum atomic E-state index is 6.45. The fourth-order valence-corrected chi connectivity index (χ4v) is 5.39. The summed E-state index contributed by atoms with van der Waals surface area (Å²) >= 11 is 0. The second-order valence-corrected chi connectivity index (χ2v) is 13.0. The van der Waals surface area contributed by atoms with Gasteiger partial charge in [-0.05, 0) is 79.8 Å². The number of hydrogen-bond donors (Lipinski definition) is 0. The van der Waals surface area contributed by atoms with E-state index in [4.69, 9.17) is 18.9 Å². The molecule has 0 spiro atoms. The van der Waals surface area contributed by atoms with E-state index in [0.29, 0.717) is 0 Å². The van der Waals surface area contributed by atoms with Crippen molar-refractivity contribution in [3.05, 3.63) is 75.3 Å². The van der Waals surface area contributed by atoms with Crippen LogP contribution in [0.5, 0.6) is 11.5 Å². The van der Waals surface area contributed by atoms with Gasteiger partial charge in [0.25, 0.3) is 0 Å². The number of rotatable bonds is 9. The Kier molecular flexibility index (Phi) is 9.64. The zero-order valence-corrected chi connectivity index (χ0v) is 27.0. The van der Waals surface area contributed by atoms with Crippen molar-refractivity contribution in [1.29, 1.82) is 0 Å². The molecule has 0 N–H and O–H groups in total. The molecule has 0 bridgehead atoms. The van der Waals surface area contributed by atoms with Crippen molar-refractivity contribution in [2.24, 2.45) is 0 Å². The van der Waals surface area contributed by atoms with Gasteiger partial charge in [-0.15, -0.1) is 0 Å². The van der Waals surface area contributed by atoms with Crippen molar-refractivity contribution in [3.63, 3.8) is 0 Å². The first-order valence-electron chi connectivity index (χ1n) is 14.0. The number of anilines is 3. The average molecular weight is 548 g/mol. The van der Waals surface area contributed by atoms with Crippen molar-refractivity contribution < 1.29 is 18.9 Å². The van der Waals surface area contributed by atoms with E-state index < -0.39 is 0 Å². The van der Waals surface area contributed by atoms with Gasteiger partial charge in [0.2, 0.25) is 0 Å². The van der Waals surface area contributed by atoms with Gasteiger partial charge in [-0.2, -0.15) is 0 Å². The summed E-state index contributed by atoms with van der Waals surface area (Å²) in [7, 11) is 3.31. The molecule has 0 radical (unpaired) electrons. The predicted molar refractivity (Wildman–Crippen MR) is 167 cm³/mol. The van der Waals surface area contributed by atoms with Gasteiger partial charge < -0.3 is 23.8 Å². The molecule has 0 amide bonds. The van der Waals surface area contributed by atoms with E-state index in [1.54, 1.807) is 14.2 Å². The highest BCUT2D eigenvalue weighted by molar-refractivity contribution is 5.88. The van der Waals surface area contributed by atoms with E-state index in [1.165, 1.54) is 16.7 Å². The lowest BCUT2D eigenvalue weighted by Crippen LogP contribution is -2.22. The summed E-state index contributed by atoms with van der Waals surface area (Å²) in [6.07, 6.45) is 0. The van der Waals surface area contributed by atoms with Crippen LogP contribution in [-0.2, 0) is 20.3 Å². The SMILES string of the molecule is COCOc1c(N(c2cc(C)cc(C(C)(C)C)c2OCOC)c2c(C)cc(C)cc2C)cc(C)cc1C(C)(C)C. The standard InChI is InChI=1S/C35H49NO4/c1-22-14-25(4)31(26(5)15-22)36(29-18-23(2)16-27(34(6,7)8)32(29)39-20-37-12)30-19-24(3)17-28(35(9,10)11)33(30)40-21-38-13/h14-19H,20-21H2,1-13H3. The maximum absolute atomic E-state index is 6.45. The Morgan fingerprint density at radius 2 is 0.900 bits per heavy atom. The fourth-order valence-electron chi connectivity index (χ4n) is 5.39. The zero-order valence-electron chi connectivity index (χ0n) is 27.0. The summed E-state index contributed by atoms with van der Waals surface area (Å²) in [6, 6.07) is 13.3. The van der Waals surface area contributed by atoms with Gasteiger partial charge in [0.05, 0.1) is 17.1 Å². The van der Waals surface area contributed by atoms with Crippen molar-refractivity contribution in [2.75, 3.05) is 32.7 Å². The molecule has 0 aromatic heterocycles. The zero-order chi connectivity index (χ0) is 30.0. The van der Waals surface area contributed by atoms with Gasteiger partial charge in [0.15, 0.2) is 13.6 Å². The lowest BCUT2D eigenvalue weighted by molar-refractivity contribution is 0.0498. The Balaban J connectivity index is 2.59. The van der Waals surface area contributed by atoms with Gasteiger partial charge in [-0.3, -0.25) is 0 Å². The van der Waals surface area contributed by atoms with Crippen LogP contribution in [0, 0.1) is 34.6 Å². The number of hydrogen-bond acceptors (Lipinski definition) is 5. The molecule has 3 aromatic carbocycles. The highest BCUT2D eigenvalue weighted by atomic mass is 16.7. The first kappa shape index (κ1) is 31.5. The largest absolute Gasteiger partial charge is 0.465 e. The third-order valence-electron chi connectivity index (χ3n) is 7.03. The van der Waals surface area contributed by atoms with Gasteiger partial charge in [-0.1, -0.05) is 71.4 Å². The Morgan fingerprint density at radius 3 is 1.23 bits per heavy atom. The summed E-state index contributed by atoms with van der Waals surface area (Å²) in [6.45, 7) is 24.4. The molecule has 0 aliphatic heterocycles. The summed E-state index contributed by atoms with van der Waals surface area (Å²) < 4.78 is 23.8. The number of aryl methyl sites for hydroxylation is 5. The molecule has 218 valence electrons. The molecule has 0 fully saturated rings. The van der Waals surface area contributed by atoms with Crippen molar-refractivity contribution in [2.45, 2.75) is 87.0 Å². The fraction of sp³-hybridized carbons (Fsp3) is 0.486. The van der Waals surface area contributed by atoms with E-state index >= 15 is 0 Å². The van der Waals surface area contributed by atoms with Crippen molar-refractivity contribution in [3.8, 4) is 11.5 Å². The summed E-state index contributed by atoms with van der Waals surface area (Å²) in [5.74, 6) is 1.60. The molecule has 3 aromatic rings. The van der Waals surface area contributed by atoms with Gasteiger partial charge in [0, 0.05) is 25.3 Å². The number of nitrogens with zero attached hydrogens (tertiary/aromatic N) is 1. The first-order chi connectivity index (χ1) is 18.6. The molecular weight excluding hydrogens is 498 g/mol. The van der Waals surface area contributed by atoms with E-state index in [-0.39, 0.29) is 24.4 Å². The molecule has 5 heteroatoms. The van der Waals surface area contributed by atoms with Crippen LogP contribution in [0.15, 0.2) is 36.4 Å². The van der Waals surface area contributed by atoms with Crippen molar-refractivity contribution in [1.82, 2.24) is 0 Å². The Bertz CT molecular complexity index is 1250. The van der Waals surface area contributed by atoms with Crippen LogP contribution in [0.2, 0.25) is 0 Å². The normalized spacial score (nSPS) is 12.0. The molecule has 5 nitrogen and oxygen atoms in total. The molecule has 40 heavy (non-hydrogen) atoms. The van der Waals surface area contributed by atoms with Crippen LogP contribution >= 0.6 is 0 Å². The lowest BCUT2D eigenvalue weighted by atomic mass is 9.83. The van der Waals surface area contributed by atoms with E-state index in [1.807, 2.05) is 0 Å². The second-order valence-electron chi connectivity index (χ2n) is 13.0. The van der Waals surface area contributed by atoms with Gasteiger partial charge in [0.1, 0.15) is 11.5 Å². The average Bonchev–Trinajstić information content (AvgIpc) is 2.82. The van der Waals surface area contributed by atoms with Crippen LogP contribution in [0.25, 0.3) is 0 Å². The first-order valence-corrected chi connectivity index (χ1v) is 14.0. The Hall–Kier alpha value is -3.02. The number of methoxy groups -OCH3 is 2. The molecule has 0 saturated carbocycles. The minimum absolute atomic E-state index is 0.146. The predicted octanol–water partition coefficient (Wildman–Crippen LogP) is 9.26. The summed E-state index contributed by atoms with van der Waals surface area (Å²) in [5, 5.41) is 0. The highest BCUT2D eigenvalue weighted by Gasteiger charge is 2.32. The van der Waals surface area contributed by atoms with Crippen LogP contribution in [-0.4, -0.2) is 27.8 Å². The quantitative estimate of drug-likeness (QED) is 0.250. The molecule has 0 saturated heterocycles. The minimum atomic E-state index is -0.161. The van der Waals surface area contributed by atoms with E-state index in [2.05, 4.69) is 117 Å². The molecule has 0 aliphatic carbocycles. The molecule has 0 aliphatic rings. The summed E-state index contributed by atoms with van der Waals surface area (Å²) in [5.41, 5.74) is 10.8. The number of ether oxygens (including phenoxy) is 4. The molecule has 0 unspecified atom stereocenters. The summed E-state index contributed by atoms with van der Waals surface area (Å²) in [4.78, 5) is 2.32. The molecule has 3 rings (SSSR count). The lowest BCUT2D eigenvalue weighted by Gasteiger charge is -2.36. The Morgan fingerprint density at radius 1 is 0.550 bits per heavy atom. The van der Waals surface area contributed by atoms with Crippen LogP contribution in [0.4, 0.5) is 17.1 Å². The second kappa shape index (κ2) is 12.2. The van der Waals surface area contributed by atoms with Crippen molar-refractivity contribution >= 4 is 17.1 Å². The Labute approximate surface area is 242 Å². The van der Waals surface area contributed by atoms with Crippen LogP contribution in [0.1, 0.15) is 80.5 Å². The van der Waals surface area contributed by atoms with Gasteiger partial charge >= 0.3 is 0 Å².